The van der Waals surface area contributed by atoms with Crippen molar-refractivity contribution in [1.82, 2.24) is 4.90 Å². The molecule has 0 spiro atoms. The van der Waals surface area contributed by atoms with Crippen molar-refractivity contribution in [2.24, 2.45) is 0 Å². The number of para-hydroxylation sites is 1. The zero-order valence-electron chi connectivity index (χ0n) is 14.7. The van der Waals surface area contributed by atoms with Gasteiger partial charge in [0.1, 0.15) is 0 Å². The van der Waals surface area contributed by atoms with Crippen molar-refractivity contribution in [3.63, 3.8) is 0 Å². The Kier molecular flexibility index (Phi) is 5.47. The molecule has 26 heavy (non-hydrogen) atoms. The third-order valence-corrected chi connectivity index (χ3v) is 5.04. The third-order valence-electron chi connectivity index (χ3n) is 4.73. The Bertz CT molecular complexity index is 838. The molecule has 3 rings (SSSR count). The zero-order chi connectivity index (χ0) is 18.7. The van der Waals surface area contributed by atoms with Crippen molar-refractivity contribution in [2.45, 2.75) is 32.2 Å². The van der Waals surface area contributed by atoms with Crippen LogP contribution in [0.2, 0.25) is 5.02 Å². The summed E-state index contributed by atoms with van der Waals surface area (Å²) in [6.07, 6.45) is 3.17. The van der Waals surface area contributed by atoms with E-state index in [9.17, 15) is 9.59 Å². The second kappa shape index (κ2) is 7.79. The molecule has 1 unspecified atom stereocenters. The van der Waals surface area contributed by atoms with Crippen LogP contribution in [0.1, 0.15) is 46.9 Å². The van der Waals surface area contributed by atoms with Gasteiger partial charge in [0.2, 0.25) is 0 Å². The van der Waals surface area contributed by atoms with Crippen molar-refractivity contribution >= 4 is 34.8 Å². The van der Waals surface area contributed by atoms with E-state index in [1.807, 2.05) is 4.90 Å². The molecule has 1 fully saturated rings. The maximum absolute atomic E-state index is 12.8. The van der Waals surface area contributed by atoms with E-state index < -0.39 is 0 Å². The lowest BCUT2D eigenvalue weighted by Crippen LogP contribution is -2.42. The molecular formula is C20H22ClN3O2. The number of amides is 2. The van der Waals surface area contributed by atoms with Gasteiger partial charge in [0.15, 0.2) is 0 Å². The molecule has 6 heteroatoms. The molecule has 1 aliphatic heterocycles. The van der Waals surface area contributed by atoms with Crippen LogP contribution < -0.4 is 11.1 Å². The molecule has 2 aromatic rings. The lowest BCUT2D eigenvalue weighted by atomic mass is 10.0. The van der Waals surface area contributed by atoms with Gasteiger partial charge in [-0.2, -0.15) is 0 Å². The van der Waals surface area contributed by atoms with Gasteiger partial charge in [-0.3, -0.25) is 9.59 Å². The van der Waals surface area contributed by atoms with Crippen LogP contribution in [0, 0.1) is 0 Å². The predicted octanol–water partition coefficient (Wildman–Crippen LogP) is 4.19. The van der Waals surface area contributed by atoms with Gasteiger partial charge in [-0.25, -0.2) is 0 Å². The van der Waals surface area contributed by atoms with Crippen LogP contribution in [-0.4, -0.2) is 29.3 Å². The monoisotopic (exact) mass is 371 g/mol. The number of halogens is 1. The number of likely N-dealkylation sites (tertiary alicyclic amines) is 1. The van der Waals surface area contributed by atoms with E-state index in [1.165, 1.54) is 0 Å². The summed E-state index contributed by atoms with van der Waals surface area (Å²) in [5.41, 5.74) is 7.60. The molecule has 2 aromatic carbocycles. The average molecular weight is 372 g/mol. The minimum absolute atomic E-state index is 0.0626. The highest BCUT2D eigenvalue weighted by Gasteiger charge is 2.25. The summed E-state index contributed by atoms with van der Waals surface area (Å²) in [4.78, 5) is 27.0. The first-order chi connectivity index (χ1) is 12.5. The fraction of sp³-hybridized carbons (Fsp3) is 0.300. The number of nitrogens with two attached hydrogens (primary N) is 1. The summed E-state index contributed by atoms with van der Waals surface area (Å²) >= 11 is 6.33. The number of nitrogens with zero attached hydrogens (tertiary/aromatic N) is 1. The highest BCUT2D eigenvalue weighted by atomic mass is 35.5. The summed E-state index contributed by atoms with van der Waals surface area (Å²) in [6.45, 7) is 2.81. The molecule has 0 aromatic heterocycles. The van der Waals surface area contributed by atoms with E-state index in [0.29, 0.717) is 27.5 Å². The van der Waals surface area contributed by atoms with Gasteiger partial charge < -0.3 is 16.0 Å². The van der Waals surface area contributed by atoms with Crippen molar-refractivity contribution in [3.05, 3.63) is 58.6 Å². The Hall–Kier alpha value is -2.53. The number of piperidine rings is 1. The maximum atomic E-state index is 12.8. The number of hydrogen-bond acceptors (Lipinski definition) is 3. The molecule has 3 N–H and O–H groups in total. The summed E-state index contributed by atoms with van der Waals surface area (Å²) in [6, 6.07) is 12.0. The first kappa shape index (κ1) is 18.3. The lowest BCUT2D eigenvalue weighted by Gasteiger charge is -2.33. The van der Waals surface area contributed by atoms with Gasteiger partial charge >= 0.3 is 0 Å². The molecule has 0 radical (unpaired) electrons. The van der Waals surface area contributed by atoms with Gasteiger partial charge in [-0.15, -0.1) is 0 Å². The molecule has 1 saturated heterocycles. The molecule has 1 atom stereocenters. The lowest BCUT2D eigenvalue weighted by molar-refractivity contribution is 0.0635. The molecule has 1 heterocycles. The van der Waals surface area contributed by atoms with Crippen LogP contribution in [0.25, 0.3) is 0 Å². The number of carbonyl (C=O) groups excluding carboxylic acids is 2. The van der Waals surface area contributed by atoms with Crippen LogP contribution in [0.5, 0.6) is 0 Å². The largest absolute Gasteiger partial charge is 0.398 e. The summed E-state index contributed by atoms with van der Waals surface area (Å²) in [5, 5.41) is 3.09. The molecule has 136 valence electrons. The standard InChI is InChI=1S/C20H22ClN3O2/c1-13-6-4-5-11-24(13)20(26)15-10-9-14(12-17(15)21)23-19(25)16-7-2-3-8-18(16)22/h2-3,7-10,12-13H,4-6,11,22H2,1H3,(H,23,25). The minimum atomic E-state index is -0.317. The number of nitrogen functional groups attached to an aromatic ring is 1. The Balaban J connectivity index is 1.76. The van der Waals surface area contributed by atoms with Crippen molar-refractivity contribution in [2.75, 3.05) is 17.6 Å². The first-order valence-electron chi connectivity index (χ1n) is 8.73. The van der Waals surface area contributed by atoms with E-state index in [0.717, 1.165) is 25.8 Å². The summed E-state index contributed by atoms with van der Waals surface area (Å²) < 4.78 is 0. The predicted molar refractivity (Wildman–Crippen MR) is 105 cm³/mol. The number of rotatable bonds is 3. The normalized spacial score (nSPS) is 17.0. The fourth-order valence-electron chi connectivity index (χ4n) is 3.22. The van der Waals surface area contributed by atoms with Gasteiger partial charge in [-0.05, 0) is 56.5 Å². The molecule has 0 aliphatic carbocycles. The summed E-state index contributed by atoms with van der Waals surface area (Å²) in [5.74, 6) is -0.379. The molecule has 5 nitrogen and oxygen atoms in total. The van der Waals surface area contributed by atoms with Crippen LogP contribution in [-0.2, 0) is 0 Å². The van der Waals surface area contributed by atoms with Crippen LogP contribution in [0.4, 0.5) is 11.4 Å². The zero-order valence-corrected chi connectivity index (χ0v) is 15.4. The second-order valence-electron chi connectivity index (χ2n) is 6.58. The number of nitrogens with one attached hydrogen (secondary N) is 1. The quantitative estimate of drug-likeness (QED) is 0.794. The average Bonchev–Trinajstić information content (AvgIpc) is 2.62. The maximum Gasteiger partial charge on any atom is 0.257 e. The van der Waals surface area contributed by atoms with Crippen molar-refractivity contribution < 1.29 is 9.59 Å². The smallest absolute Gasteiger partial charge is 0.257 e. The fourth-order valence-corrected chi connectivity index (χ4v) is 3.48. The molecule has 1 aliphatic rings. The number of carbonyl (C=O) groups is 2. The highest BCUT2D eigenvalue weighted by Crippen LogP contribution is 2.26. The topological polar surface area (TPSA) is 75.4 Å². The third kappa shape index (κ3) is 3.83. The van der Waals surface area contributed by atoms with E-state index >= 15 is 0 Å². The Labute approximate surface area is 158 Å². The molecule has 0 bridgehead atoms. The summed E-state index contributed by atoms with van der Waals surface area (Å²) in [7, 11) is 0. The van der Waals surface area contributed by atoms with E-state index in [-0.39, 0.29) is 17.9 Å². The Morgan fingerprint density at radius 1 is 1.15 bits per heavy atom. The van der Waals surface area contributed by atoms with Gasteiger partial charge in [0.25, 0.3) is 11.8 Å². The highest BCUT2D eigenvalue weighted by molar-refractivity contribution is 6.34. The Morgan fingerprint density at radius 2 is 1.92 bits per heavy atom. The van der Waals surface area contributed by atoms with Gasteiger partial charge in [0, 0.05) is 24.0 Å². The van der Waals surface area contributed by atoms with E-state index in [4.69, 9.17) is 17.3 Å². The van der Waals surface area contributed by atoms with Crippen LogP contribution in [0.3, 0.4) is 0 Å². The minimum Gasteiger partial charge on any atom is -0.398 e. The van der Waals surface area contributed by atoms with E-state index in [1.54, 1.807) is 42.5 Å². The van der Waals surface area contributed by atoms with Gasteiger partial charge in [-0.1, -0.05) is 23.7 Å². The molecular weight excluding hydrogens is 350 g/mol. The second-order valence-corrected chi connectivity index (χ2v) is 6.99. The van der Waals surface area contributed by atoms with Crippen molar-refractivity contribution in [3.8, 4) is 0 Å². The van der Waals surface area contributed by atoms with Crippen LogP contribution >= 0.6 is 11.6 Å². The molecule has 2 amide bonds. The van der Waals surface area contributed by atoms with Gasteiger partial charge in [0.05, 0.1) is 16.1 Å². The van der Waals surface area contributed by atoms with Crippen LogP contribution in [0.15, 0.2) is 42.5 Å². The molecule has 0 saturated carbocycles. The Morgan fingerprint density at radius 3 is 2.62 bits per heavy atom. The first-order valence-corrected chi connectivity index (χ1v) is 9.11. The number of benzene rings is 2. The van der Waals surface area contributed by atoms with E-state index in [2.05, 4.69) is 12.2 Å². The number of anilines is 2. The van der Waals surface area contributed by atoms with Crippen molar-refractivity contribution in [1.29, 1.82) is 0 Å². The number of hydrogen-bond donors (Lipinski definition) is 2. The SMILES string of the molecule is CC1CCCCN1C(=O)c1ccc(NC(=O)c2ccccc2N)cc1Cl.